The Morgan fingerprint density at radius 3 is 2.40 bits per heavy atom. The molecule has 4 heteroatoms. The second-order valence-corrected chi connectivity index (χ2v) is 5.67. The van der Waals surface area contributed by atoms with Gasteiger partial charge in [0.25, 0.3) is 0 Å². The van der Waals surface area contributed by atoms with E-state index in [1.165, 1.54) is 38.5 Å². The molecule has 1 aromatic heterocycles. The Bertz CT molecular complexity index is 373. The molecule has 0 amide bonds. The summed E-state index contributed by atoms with van der Waals surface area (Å²) >= 11 is 0. The number of anilines is 2. The van der Waals surface area contributed by atoms with Gasteiger partial charge in [0.2, 0.25) is 0 Å². The van der Waals surface area contributed by atoms with E-state index in [-0.39, 0.29) is 0 Å². The molecule has 1 aliphatic carbocycles. The van der Waals surface area contributed by atoms with Crippen molar-refractivity contribution in [1.82, 2.24) is 9.97 Å². The van der Waals surface area contributed by atoms with Crippen LogP contribution in [0.5, 0.6) is 0 Å². The zero-order chi connectivity index (χ0) is 14.2. The summed E-state index contributed by atoms with van der Waals surface area (Å²) < 4.78 is 0. The minimum Gasteiger partial charge on any atom is -0.370 e. The monoisotopic (exact) mass is 276 g/mol. The Labute approximate surface area is 122 Å². The summed E-state index contributed by atoms with van der Waals surface area (Å²) in [5.74, 6) is 2.88. The van der Waals surface area contributed by atoms with Gasteiger partial charge in [0.15, 0.2) is 0 Å². The van der Waals surface area contributed by atoms with Crippen LogP contribution in [-0.4, -0.2) is 22.6 Å². The lowest BCUT2D eigenvalue weighted by molar-refractivity contribution is 0.616. The van der Waals surface area contributed by atoms with E-state index in [2.05, 4.69) is 34.4 Å². The normalized spacial score (nSPS) is 16.7. The topological polar surface area (TPSA) is 49.8 Å². The van der Waals surface area contributed by atoms with Gasteiger partial charge in [-0.2, -0.15) is 0 Å². The van der Waals surface area contributed by atoms with Gasteiger partial charge in [-0.1, -0.05) is 32.6 Å². The van der Waals surface area contributed by atoms with Gasteiger partial charge in [0.05, 0.1) is 0 Å². The molecule has 4 nitrogen and oxygen atoms in total. The van der Waals surface area contributed by atoms with Crippen molar-refractivity contribution in [2.45, 2.75) is 71.3 Å². The molecule has 2 N–H and O–H groups in total. The first-order valence-electron chi connectivity index (χ1n) is 8.20. The van der Waals surface area contributed by atoms with Crippen molar-refractivity contribution in [3.63, 3.8) is 0 Å². The highest BCUT2D eigenvalue weighted by Crippen LogP contribution is 2.21. The number of aromatic nitrogens is 2. The molecule has 1 aliphatic rings. The number of nitrogens with one attached hydrogen (secondary N) is 2. The van der Waals surface area contributed by atoms with Crippen molar-refractivity contribution < 1.29 is 0 Å². The maximum Gasteiger partial charge on any atom is 0.133 e. The van der Waals surface area contributed by atoms with Crippen molar-refractivity contribution in [1.29, 1.82) is 0 Å². The quantitative estimate of drug-likeness (QED) is 0.771. The van der Waals surface area contributed by atoms with E-state index in [1.54, 1.807) is 0 Å². The lowest BCUT2D eigenvalue weighted by Crippen LogP contribution is -2.20. The maximum absolute atomic E-state index is 4.67. The highest BCUT2D eigenvalue weighted by molar-refractivity contribution is 5.48. The average molecular weight is 276 g/mol. The van der Waals surface area contributed by atoms with Crippen LogP contribution in [0.4, 0.5) is 11.6 Å². The number of hydrogen-bond acceptors (Lipinski definition) is 4. The molecule has 0 bridgehead atoms. The molecule has 0 unspecified atom stereocenters. The largest absolute Gasteiger partial charge is 0.370 e. The molecule has 20 heavy (non-hydrogen) atoms. The molecule has 0 saturated heterocycles. The summed E-state index contributed by atoms with van der Waals surface area (Å²) in [5, 5.41) is 6.93. The Morgan fingerprint density at radius 2 is 1.75 bits per heavy atom. The molecule has 1 fully saturated rings. The predicted molar refractivity (Wildman–Crippen MR) is 85.3 cm³/mol. The third-order valence-corrected chi connectivity index (χ3v) is 3.81. The molecule has 1 aromatic rings. The smallest absolute Gasteiger partial charge is 0.133 e. The van der Waals surface area contributed by atoms with Crippen molar-refractivity contribution in [2.75, 3.05) is 17.2 Å². The molecule has 0 atom stereocenters. The fraction of sp³-hybridized carbons (Fsp3) is 0.750. The second-order valence-electron chi connectivity index (χ2n) is 5.67. The van der Waals surface area contributed by atoms with E-state index in [0.717, 1.165) is 36.8 Å². The molecule has 112 valence electrons. The number of rotatable bonds is 6. The van der Waals surface area contributed by atoms with Crippen LogP contribution in [-0.2, 0) is 6.42 Å². The standard InChI is InChI=1S/C16H28N4/c1-3-9-14-19-15(17-4-2)12-16(20-14)18-13-10-7-5-6-8-11-13/h12-13H,3-11H2,1-2H3,(H2,17,18,19,20). The Hall–Kier alpha value is -1.32. The summed E-state index contributed by atoms with van der Waals surface area (Å²) in [7, 11) is 0. The second kappa shape index (κ2) is 8.08. The van der Waals surface area contributed by atoms with Gasteiger partial charge in [-0.3, -0.25) is 0 Å². The van der Waals surface area contributed by atoms with Crippen molar-refractivity contribution in [3.05, 3.63) is 11.9 Å². The molecule has 0 spiro atoms. The van der Waals surface area contributed by atoms with Gasteiger partial charge in [-0.25, -0.2) is 9.97 Å². The molecule has 1 saturated carbocycles. The van der Waals surface area contributed by atoms with E-state index in [0.29, 0.717) is 6.04 Å². The summed E-state index contributed by atoms with van der Waals surface area (Å²) in [6.07, 6.45) is 10.00. The summed E-state index contributed by atoms with van der Waals surface area (Å²) in [6.45, 7) is 5.16. The van der Waals surface area contributed by atoms with E-state index in [9.17, 15) is 0 Å². The molecule has 2 rings (SSSR count). The van der Waals surface area contributed by atoms with Crippen LogP contribution in [0.3, 0.4) is 0 Å². The van der Waals surface area contributed by atoms with Crippen LogP contribution in [0.2, 0.25) is 0 Å². The van der Waals surface area contributed by atoms with Gasteiger partial charge in [0.1, 0.15) is 17.5 Å². The van der Waals surface area contributed by atoms with Gasteiger partial charge in [0, 0.05) is 25.1 Å². The maximum atomic E-state index is 4.67. The van der Waals surface area contributed by atoms with E-state index >= 15 is 0 Å². The third kappa shape index (κ3) is 4.66. The fourth-order valence-corrected chi connectivity index (χ4v) is 2.81. The number of hydrogen-bond donors (Lipinski definition) is 2. The van der Waals surface area contributed by atoms with Crippen LogP contribution in [0.15, 0.2) is 6.07 Å². The Balaban J connectivity index is 2.07. The van der Waals surface area contributed by atoms with Crippen molar-refractivity contribution in [3.8, 4) is 0 Å². The highest BCUT2D eigenvalue weighted by Gasteiger charge is 2.13. The highest BCUT2D eigenvalue weighted by atomic mass is 15.1. The fourth-order valence-electron chi connectivity index (χ4n) is 2.81. The van der Waals surface area contributed by atoms with Crippen LogP contribution in [0, 0.1) is 0 Å². The summed E-state index contributed by atoms with van der Waals surface area (Å²) in [4.78, 5) is 9.23. The summed E-state index contributed by atoms with van der Waals surface area (Å²) in [6, 6.07) is 2.63. The summed E-state index contributed by atoms with van der Waals surface area (Å²) in [5.41, 5.74) is 0. The van der Waals surface area contributed by atoms with E-state index in [4.69, 9.17) is 0 Å². The third-order valence-electron chi connectivity index (χ3n) is 3.81. The van der Waals surface area contributed by atoms with Crippen LogP contribution >= 0.6 is 0 Å². The van der Waals surface area contributed by atoms with E-state index in [1.807, 2.05) is 6.07 Å². The lowest BCUT2D eigenvalue weighted by atomic mass is 10.1. The number of nitrogens with zero attached hydrogens (tertiary/aromatic N) is 2. The Morgan fingerprint density at radius 1 is 1.05 bits per heavy atom. The molecule has 1 heterocycles. The van der Waals surface area contributed by atoms with Gasteiger partial charge >= 0.3 is 0 Å². The minimum absolute atomic E-state index is 0.580. The van der Waals surface area contributed by atoms with Crippen LogP contribution < -0.4 is 10.6 Å². The first-order chi connectivity index (χ1) is 9.81. The van der Waals surface area contributed by atoms with Crippen LogP contribution in [0.1, 0.15) is 64.6 Å². The van der Waals surface area contributed by atoms with Crippen molar-refractivity contribution >= 4 is 11.6 Å². The zero-order valence-corrected chi connectivity index (χ0v) is 12.9. The van der Waals surface area contributed by atoms with Crippen LogP contribution in [0.25, 0.3) is 0 Å². The first-order valence-corrected chi connectivity index (χ1v) is 8.20. The lowest BCUT2D eigenvalue weighted by Gasteiger charge is -2.18. The van der Waals surface area contributed by atoms with Gasteiger partial charge < -0.3 is 10.6 Å². The SMILES string of the molecule is CCCc1nc(NCC)cc(NC2CCCCCC2)n1. The molecule has 0 aromatic carbocycles. The van der Waals surface area contributed by atoms with Gasteiger partial charge in [-0.05, 0) is 26.2 Å². The van der Waals surface area contributed by atoms with Gasteiger partial charge in [-0.15, -0.1) is 0 Å². The molecular formula is C16H28N4. The first kappa shape index (κ1) is 15.1. The van der Waals surface area contributed by atoms with E-state index < -0.39 is 0 Å². The minimum atomic E-state index is 0.580. The molecule has 0 radical (unpaired) electrons. The van der Waals surface area contributed by atoms with Crippen molar-refractivity contribution in [2.24, 2.45) is 0 Å². The molecule has 0 aliphatic heterocycles. The Kier molecular flexibility index (Phi) is 6.09. The zero-order valence-electron chi connectivity index (χ0n) is 12.9. The average Bonchev–Trinajstić information content (AvgIpc) is 2.68. The number of aryl methyl sites for hydroxylation is 1. The predicted octanol–water partition coefficient (Wildman–Crippen LogP) is 4.00. The molecular weight excluding hydrogens is 248 g/mol.